The summed E-state index contributed by atoms with van der Waals surface area (Å²) in [6, 6.07) is 12.3. The van der Waals surface area contributed by atoms with Crippen LogP contribution in [0.15, 0.2) is 36.4 Å². The van der Waals surface area contributed by atoms with Crippen LogP contribution in [-0.4, -0.2) is 17.6 Å². The van der Waals surface area contributed by atoms with Gasteiger partial charge in [-0.15, -0.1) is 0 Å². The van der Waals surface area contributed by atoms with Gasteiger partial charge in [0.25, 0.3) is 5.91 Å². The second-order valence-electron chi connectivity index (χ2n) is 9.07. The molecule has 1 amide bonds. The lowest BCUT2D eigenvalue weighted by atomic mass is 9.89. The van der Waals surface area contributed by atoms with E-state index in [4.69, 9.17) is 9.47 Å². The number of nitrogens with one attached hydrogen (secondary N) is 1. The number of amides is 1. The van der Waals surface area contributed by atoms with Crippen LogP contribution >= 0.6 is 0 Å². The van der Waals surface area contributed by atoms with Crippen LogP contribution in [0.4, 0.5) is 0 Å². The summed E-state index contributed by atoms with van der Waals surface area (Å²) in [7, 11) is 0. The maximum Gasteiger partial charge on any atom is 0.261 e. The average molecular weight is 394 g/mol. The minimum atomic E-state index is -0.559. The van der Waals surface area contributed by atoms with Gasteiger partial charge in [-0.05, 0) is 82.7 Å². The van der Waals surface area contributed by atoms with Crippen LogP contribution in [0.25, 0.3) is 0 Å². The van der Waals surface area contributed by atoms with Crippen molar-refractivity contribution < 1.29 is 14.3 Å². The van der Waals surface area contributed by atoms with Crippen molar-refractivity contribution in [1.82, 2.24) is 5.32 Å². The minimum absolute atomic E-state index is 0.0873. The monoisotopic (exact) mass is 393 g/mol. The number of rotatable bonds is 4. The van der Waals surface area contributed by atoms with E-state index in [1.807, 2.05) is 25.1 Å². The number of benzene rings is 2. The van der Waals surface area contributed by atoms with Crippen molar-refractivity contribution in [3.05, 3.63) is 58.7 Å². The first-order valence-electron chi connectivity index (χ1n) is 10.7. The van der Waals surface area contributed by atoms with Gasteiger partial charge in [-0.25, -0.2) is 0 Å². The van der Waals surface area contributed by atoms with Crippen LogP contribution in [0.3, 0.4) is 0 Å². The first-order chi connectivity index (χ1) is 13.8. The number of ether oxygens (including phenoxy) is 2. The number of hydrogen-bond acceptors (Lipinski definition) is 3. The maximum absolute atomic E-state index is 12.9. The van der Waals surface area contributed by atoms with Crippen molar-refractivity contribution in [2.24, 2.45) is 0 Å². The molecule has 1 aliphatic carbocycles. The molecule has 2 aliphatic rings. The number of carbonyl (C=O) groups excluding carboxylic acids is 1. The summed E-state index contributed by atoms with van der Waals surface area (Å²) in [5, 5.41) is 3.20. The largest absolute Gasteiger partial charge is 0.487 e. The molecule has 0 bridgehead atoms. The first-order valence-corrected chi connectivity index (χ1v) is 10.7. The van der Waals surface area contributed by atoms with Gasteiger partial charge < -0.3 is 14.8 Å². The molecule has 0 saturated carbocycles. The van der Waals surface area contributed by atoms with E-state index < -0.39 is 6.10 Å². The van der Waals surface area contributed by atoms with Gasteiger partial charge in [0.15, 0.2) is 6.10 Å². The van der Waals surface area contributed by atoms with Crippen molar-refractivity contribution in [2.75, 3.05) is 0 Å². The van der Waals surface area contributed by atoms with Crippen molar-refractivity contribution in [3.63, 3.8) is 0 Å². The quantitative estimate of drug-likeness (QED) is 0.790. The summed E-state index contributed by atoms with van der Waals surface area (Å²) < 4.78 is 12.1. The highest BCUT2D eigenvalue weighted by Crippen LogP contribution is 2.40. The zero-order valence-electron chi connectivity index (χ0n) is 17.9. The Morgan fingerprint density at radius 3 is 2.69 bits per heavy atom. The van der Waals surface area contributed by atoms with Crippen molar-refractivity contribution >= 4 is 5.91 Å². The Bertz CT molecular complexity index is 918. The summed E-state index contributed by atoms with van der Waals surface area (Å²) in [6.07, 6.45) is 4.89. The highest BCUT2D eigenvalue weighted by atomic mass is 16.5. The summed E-state index contributed by atoms with van der Waals surface area (Å²) in [5.74, 6) is 1.52. The molecular formula is C25H31NO3. The third-order valence-corrected chi connectivity index (χ3v) is 5.94. The van der Waals surface area contributed by atoms with Gasteiger partial charge in [0.2, 0.25) is 0 Å². The predicted octanol–water partition coefficient (Wildman–Crippen LogP) is 5.06. The SMILES string of the molecule is Cc1ccc2c(c1)[C@H](NC(=O)[C@@H](C)Oc1ccc3c(c1)CCCC3)CC(C)(C)O2. The summed E-state index contributed by atoms with van der Waals surface area (Å²) >= 11 is 0. The molecule has 0 aromatic heterocycles. The van der Waals surface area contributed by atoms with Crippen molar-refractivity contribution in [1.29, 1.82) is 0 Å². The van der Waals surface area contributed by atoms with Gasteiger partial charge in [-0.3, -0.25) is 4.79 Å². The van der Waals surface area contributed by atoms with E-state index in [0.717, 1.165) is 41.9 Å². The van der Waals surface area contributed by atoms with Crippen LogP contribution < -0.4 is 14.8 Å². The lowest BCUT2D eigenvalue weighted by molar-refractivity contribution is -0.128. The molecule has 4 nitrogen and oxygen atoms in total. The van der Waals surface area contributed by atoms with Gasteiger partial charge in [0.1, 0.15) is 17.1 Å². The van der Waals surface area contributed by atoms with Crippen molar-refractivity contribution in [3.8, 4) is 11.5 Å². The average Bonchev–Trinajstić information content (AvgIpc) is 2.68. The van der Waals surface area contributed by atoms with Gasteiger partial charge in [-0.1, -0.05) is 23.8 Å². The number of fused-ring (bicyclic) bond motifs is 2. The number of hydrogen-bond donors (Lipinski definition) is 1. The molecule has 4 heteroatoms. The molecular weight excluding hydrogens is 362 g/mol. The maximum atomic E-state index is 12.9. The van der Waals surface area contributed by atoms with E-state index in [-0.39, 0.29) is 17.6 Å². The van der Waals surface area contributed by atoms with Crippen LogP contribution in [0.2, 0.25) is 0 Å². The Labute approximate surface area is 173 Å². The zero-order valence-corrected chi connectivity index (χ0v) is 17.9. The highest BCUT2D eigenvalue weighted by molar-refractivity contribution is 5.81. The van der Waals surface area contributed by atoms with E-state index in [2.05, 4.69) is 44.3 Å². The molecule has 154 valence electrons. The van der Waals surface area contributed by atoms with Crippen LogP contribution in [0, 0.1) is 6.92 Å². The topological polar surface area (TPSA) is 47.6 Å². The van der Waals surface area contributed by atoms with Gasteiger partial charge in [-0.2, -0.15) is 0 Å². The standard InChI is InChI=1S/C25H31NO3/c1-16-9-12-23-21(13-16)22(15-25(3,4)29-23)26-24(27)17(2)28-20-11-10-18-7-5-6-8-19(18)14-20/h9-14,17,22H,5-8,15H2,1-4H3,(H,26,27)/t17-,22-/m1/s1. The Kier molecular flexibility index (Phi) is 5.28. The Morgan fingerprint density at radius 2 is 1.90 bits per heavy atom. The second-order valence-corrected chi connectivity index (χ2v) is 9.07. The van der Waals surface area contributed by atoms with Crippen molar-refractivity contribution in [2.45, 2.75) is 77.5 Å². The Hall–Kier alpha value is -2.49. The highest BCUT2D eigenvalue weighted by Gasteiger charge is 2.35. The third-order valence-electron chi connectivity index (χ3n) is 5.94. The molecule has 0 unspecified atom stereocenters. The van der Waals surface area contributed by atoms with Gasteiger partial charge >= 0.3 is 0 Å². The molecule has 1 N–H and O–H groups in total. The minimum Gasteiger partial charge on any atom is -0.487 e. The van der Waals surface area contributed by atoms with E-state index in [1.165, 1.54) is 24.0 Å². The van der Waals surface area contributed by atoms with Gasteiger partial charge in [0, 0.05) is 12.0 Å². The molecule has 0 fully saturated rings. The Morgan fingerprint density at radius 1 is 1.14 bits per heavy atom. The molecule has 2 aromatic carbocycles. The fourth-order valence-corrected chi connectivity index (χ4v) is 4.43. The summed E-state index contributed by atoms with van der Waals surface area (Å²) in [6.45, 7) is 7.99. The Balaban J connectivity index is 1.47. The molecule has 0 radical (unpaired) electrons. The van der Waals surface area contributed by atoms with Crippen LogP contribution in [0.1, 0.15) is 68.3 Å². The first kappa shape index (κ1) is 19.8. The molecule has 4 rings (SSSR count). The van der Waals surface area contributed by atoms with E-state index in [0.29, 0.717) is 0 Å². The fourth-order valence-electron chi connectivity index (χ4n) is 4.43. The predicted molar refractivity (Wildman–Crippen MR) is 115 cm³/mol. The zero-order chi connectivity index (χ0) is 20.6. The molecule has 1 heterocycles. The molecule has 2 aromatic rings. The van der Waals surface area contributed by atoms with E-state index >= 15 is 0 Å². The molecule has 0 spiro atoms. The summed E-state index contributed by atoms with van der Waals surface area (Å²) in [4.78, 5) is 12.9. The smallest absolute Gasteiger partial charge is 0.261 e. The lowest BCUT2D eigenvalue weighted by Crippen LogP contribution is -2.44. The summed E-state index contributed by atoms with van der Waals surface area (Å²) in [5.41, 5.74) is 4.64. The third kappa shape index (κ3) is 4.42. The van der Waals surface area contributed by atoms with E-state index in [1.54, 1.807) is 0 Å². The molecule has 29 heavy (non-hydrogen) atoms. The van der Waals surface area contributed by atoms with E-state index in [9.17, 15) is 4.79 Å². The lowest BCUT2D eigenvalue weighted by Gasteiger charge is -2.38. The number of carbonyl (C=O) groups is 1. The van der Waals surface area contributed by atoms with Crippen LogP contribution in [0.5, 0.6) is 11.5 Å². The normalized spacial score (nSPS) is 20.6. The fraction of sp³-hybridized carbons (Fsp3) is 0.480. The second kappa shape index (κ2) is 7.74. The molecule has 2 atom stereocenters. The van der Waals surface area contributed by atoms with Crippen LogP contribution in [-0.2, 0) is 17.6 Å². The molecule has 1 aliphatic heterocycles. The molecule has 0 saturated heterocycles. The van der Waals surface area contributed by atoms with Gasteiger partial charge in [0.05, 0.1) is 6.04 Å². The number of aryl methyl sites for hydroxylation is 3.